The highest BCUT2D eigenvalue weighted by atomic mass is 32.1. The van der Waals surface area contributed by atoms with Crippen molar-refractivity contribution in [1.82, 2.24) is 24.3 Å². The first-order chi connectivity index (χ1) is 11.4. The van der Waals surface area contributed by atoms with Crippen LogP contribution in [0.25, 0.3) is 11.0 Å². The van der Waals surface area contributed by atoms with E-state index in [1.165, 1.54) is 17.3 Å². The van der Waals surface area contributed by atoms with E-state index in [1.807, 2.05) is 18.2 Å². The van der Waals surface area contributed by atoms with Crippen LogP contribution in [-0.4, -0.2) is 38.1 Å². The largest absolute Gasteiger partial charge is 0.355 e. The number of benzene rings is 1. The van der Waals surface area contributed by atoms with Crippen molar-refractivity contribution in [3.05, 3.63) is 42.1 Å². The number of hydrogen-bond acceptors (Lipinski definition) is 7. The summed E-state index contributed by atoms with van der Waals surface area (Å²) >= 11 is 1.28. The Balaban J connectivity index is 1.34. The standard InChI is InChI=1S/C16H18N6S/c1-3-12(16-14(4-1)20-23-21-16)11-17-13-6-9-22(10-7-13)15-5-2-8-18-19-15/h1-5,8,13,17H,6-7,9-11H2. The fourth-order valence-electron chi connectivity index (χ4n) is 3.03. The lowest BCUT2D eigenvalue weighted by Gasteiger charge is -2.33. The van der Waals surface area contributed by atoms with Gasteiger partial charge < -0.3 is 10.2 Å². The van der Waals surface area contributed by atoms with Crippen molar-refractivity contribution in [2.75, 3.05) is 18.0 Å². The number of hydrogen-bond donors (Lipinski definition) is 1. The Morgan fingerprint density at radius 2 is 2.04 bits per heavy atom. The van der Waals surface area contributed by atoms with E-state index in [2.05, 4.69) is 41.3 Å². The Morgan fingerprint density at radius 1 is 1.13 bits per heavy atom. The molecule has 7 heteroatoms. The zero-order valence-electron chi connectivity index (χ0n) is 12.7. The van der Waals surface area contributed by atoms with Crippen molar-refractivity contribution in [3.63, 3.8) is 0 Å². The van der Waals surface area contributed by atoms with Crippen LogP contribution in [-0.2, 0) is 6.54 Å². The number of fused-ring (bicyclic) bond motifs is 1. The molecule has 0 amide bonds. The third-order valence-electron chi connectivity index (χ3n) is 4.33. The number of nitrogens with one attached hydrogen (secondary N) is 1. The first-order valence-electron chi connectivity index (χ1n) is 7.86. The third kappa shape index (κ3) is 3.16. The molecular weight excluding hydrogens is 308 g/mol. The van der Waals surface area contributed by atoms with Crippen LogP contribution in [0.3, 0.4) is 0 Å². The highest BCUT2D eigenvalue weighted by Crippen LogP contribution is 2.19. The van der Waals surface area contributed by atoms with Gasteiger partial charge in [-0.25, -0.2) is 0 Å². The van der Waals surface area contributed by atoms with E-state index in [-0.39, 0.29) is 0 Å². The van der Waals surface area contributed by atoms with Crippen LogP contribution in [0.1, 0.15) is 18.4 Å². The van der Waals surface area contributed by atoms with Crippen LogP contribution < -0.4 is 10.2 Å². The Labute approximate surface area is 138 Å². The Morgan fingerprint density at radius 3 is 2.87 bits per heavy atom. The molecule has 23 heavy (non-hydrogen) atoms. The van der Waals surface area contributed by atoms with Crippen LogP contribution in [0.4, 0.5) is 5.82 Å². The van der Waals surface area contributed by atoms with Gasteiger partial charge in [0.05, 0.1) is 11.7 Å². The summed E-state index contributed by atoms with van der Waals surface area (Å²) in [5.74, 6) is 0.976. The van der Waals surface area contributed by atoms with Gasteiger partial charge in [-0.15, -0.1) is 5.10 Å². The first kappa shape index (κ1) is 14.5. The number of aromatic nitrogens is 4. The van der Waals surface area contributed by atoms with Gasteiger partial charge in [-0.3, -0.25) is 0 Å². The summed E-state index contributed by atoms with van der Waals surface area (Å²) < 4.78 is 8.70. The van der Waals surface area contributed by atoms with Crippen LogP contribution in [0.15, 0.2) is 36.5 Å². The van der Waals surface area contributed by atoms with Gasteiger partial charge in [-0.2, -0.15) is 13.8 Å². The summed E-state index contributed by atoms with van der Waals surface area (Å²) in [7, 11) is 0. The smallest absolute Gasteiger partial charge is 0.151 e. The lowest BCUT2D eigenvalue weighted by atomic mass is 10.0. The van der Waals surface area contributed by atoms with Gasteiger partial charge in [0.1, 0.15) is 11.0 Å². The molecular formula is C16H18N6S. The average Bonchev–Trinajstić information content (AvgIpc) is 3.10. The van der Waals surface area contributed by atoms with Crippen LogP contribution in [0.5, 0.6) is 0 Å². The van der Waals surface area contributed by atoms with E-state index < -0.39 is 0 Å². The molecule has 0 aliphatic carbocycles. The molecule has 3 heterocycles. The van der Waals surface area contributed by atoms with Crippen LogP contribution >= 0.6 is 11.7 Å². The van der Waals surface area contributed by atoms with Crippen LogP contribution in [0, 0.1) is 0 Å². The molecule has 1 aromatic carbocycles. The number of nitrogens with zero attached hydrogens (tertiary/aromatic N) is 5. The first-order valence-corrected chi connectivity index (χ1v) is 8.59. The molecule has 6 nitrogen and oxygen atoms in total. The molecule has 1 aliphatic heterocycles. The van der Waals surface area contributed by atoms with Crippen molar-refractivity contribution in [3.8, 4) is 0 Å². The maximum atomic E-state index is 4.40. The van der Waals surface area contributed by atoms with E-state index in [0.717, 1.165) is 49.3 Å². The van der Waals surface area contributed by atoms with Gasteiger partial charge in [-0.1, -0.05) is 12.1 Å². The fourth-order valence-corrected chi connectivity index (χ4v) is 3.60. The molecule has 118 valence electrons. The van der Waals surface area contributed by atoms with Gasteiger partial charge in [0.25, 0.3) is 0 Å². The van der Waals surface area contributed by atoms with Crippen molar-refractivity contribution in [2.45, 2.75) is 25.4 Å². The van der Waals surface area contributed by atoms with E-state index in [9.17, 15) is 0 Å². The van der Waals surface area contributed by atoms with Crippen molar-refractivity contribution in [1.29, 1.82) is 0 Å². The molecule has 1 aliphatic rings. The van der Waals surface area contributed by atoms with E-state index in [0.29, 0.717) is 6.04 Å². The monoisotopic (exact) mass is 326 g/mol. The summed E-state index contributed by atoms with van der Waals surface area (Å²) in [5, 5.41) is 11.8. The summed E-state index contributed by atoms with van der Waals surface area (Å²) in [4.78, 5) is 2.30. The highest BCUT2D eigenvalue weighted by molar-refractivity contribution is 7.00. The second kappa shape index (κ2) is 6.55. The minimum absolute atomic E-state index is 0.532. The quantitative estimate of drug-likeness (QED) is 0.793. The minimum atomic E-state index is 0.532. The van der Waals surface area contributed by atoms with E-state index >= 15 is 0 Å². The zero-order valence-corrected chi connectivity index (χ0v) is 13.5. The van der Waals surface area contributed by atoms with E-state index in [1.54, 1.807) is 6.20 Å². The Kier molecular flexibility index (Phi) is 4.12. The fraction of sp³-hybridized carbons (Fsp3) is 0.375. The second-order valence-corrected chi connectivity index (χ2v) is 6.30. The predicted octanol–water partition coefficient (Wildman–Crippen LogP) is 2.24. The van der Waals surface area contributed by atoms with Crippen molar-refractivity contribution >= 4 is 28.6 Å². The molecule has 0 unspecified atom stereocenters. The van der Waals surface area contributed by atoms with Gasteiger partial charge in [0.15, 0.2) is 5.82 Å². The lowest BCUT2D eigenvalue weighted by Crippen LogP contribution is -2.42. The lowest BCUT2D eigenvalue weighted by molar-refractivity contribution is 0.412. The topological polar surface area (TPSA) is 66.8 Å². The van der Waals surface area contributed by atoms with Gasteiger partial charge >= 0.3 is 0 Å². The van der Waals surface area contributed by atoms with Gasteiger partial charge in [0.2, 0.25) is 0 Å². The molecule has 1 N–H and O–H groups in total. The molecule has 0 radical (unpaired) electrons. The number of piperidine rings is 1. The Bertz CT molecular complexity index is 766. The summed E-state index contributed by atoms with van der Waals surface area (Å²) in [5.41, 5.74) is 3.25. The predicted molar refractivity (Wildman–Crippen MR) is 91.5 cm³/mol. The maximum Gasteiger partial charge on any atom is 0.151 e. The van der Waals surface area contributed by atoms with Gasteiger partial charge in [-0.05, 0) is 36.6 Å². The number of anilines is 1. The molecule has 0 spiro atoms. The summed E-state index contributed by atoms with van der Waals surface area (Å²) in [6.45, 7) is 2.87. The SMILES string of the molecule is c1cnnc(N2CCC(NCc3cccc4nsnc34)CC2)c1. The molecule has 0 saturated carbocycles. The normalized spacial score (nSPS) is 16.1. The highest BCUT2D eigenvalue weighted by Gasteiger charge is 2.20. The third-order valence-corrected chi connectivity index (χ3v) is 4.87. The zero-order chi connectivity index (χ0) is 15.5. The second-order valence-electron chi connectivity index (χ2n) is 5.77. The molecule has 3 aromatic rings. The molecule has 0 bridgehead atoms. The molecule has 0 atom stereocenters. The minimum Gasteiger partial charge on any atom is -0.355 e. The van der Waals surface area contributed by atoms with Crippen molar-refractivity contribution < 1.29 is 0 Å². The molecule has 2 aromatic heterocycles. The maximum absolute atomic E-state index is 4.40. The number of rotatable bonds is 4. The summed E-state index contributed by atoms with van der Waals surface area (Å²) in [6.07, 6.45) is 3.94. The summed E-state index contributed by atoms with van der Waals surface area (Å²) in [6, 6.07) is 10.7. The molecule has 1 fully saturated rings. The van der Waals surface area contributed by atoms with Gasteiger partial charge in [0, 0.05) is 31.9 Å². The van der Waals surface area contributed by atoms with E-state index in [4.69, 9.17) is 0 Å². The average molecular weight is 326 g/mol. The molecule has 4 rings (SSSR count). The Hall–Kier alpha value is -2.12. The van der Waals surface area contributed by atoms with Crippen LogP contribution in [0.2, 0.25) is 0 Å². The molecule has 1 saturated heterocycles. The van der Waals surface area contributed by atoms with Crippen molar-refractivity contribution in [2.24, 2.45) is 0 Å².